The lowest BCUT2D eigenvalue weighted by molar-refractivity contribution is -0.134. The number of ether oxygens (including phenoxy) is 11. The Balaban J connectivity index is 3.98. The lowest BCUT2D eigenvalue weighted by Gasteiger charge is -2.23. The summed E-state index contributed by atoms with van der Waals surface area (Å²) in [5.74, 6) is -0.0500. The molecule has 0 saturated carbocycles. The summed E-state index contributed by atoms with van der Waals surface area (Å²) in [4.78, 5) is 26.1. The van der Waals surface area contributed by atoms with Crippen LogP contribution >= 0.6 is 0 Å². The molecule has 0 fully saturated rings. The molecule has 0 aromatic carbocycles. The van der Waals surface area contributed by atoms with E-state index in [-0.39, 0.29) is 18.9 Å². The lowest BCUT2D eigenvalue weighted by atomic mass is 10.2. The average Bonchev–Trinajstić information content (AvgIpc) is 3.06. The van der Waals surface area contributed by atoms with Gasteiger partial charge in [0.25, 0.3) is 0 Å². The molecule has 292 valence electrons. The van der Waals surface area contributed by atoms with E-state index in [2.05, 4.69) is 5.32 Å². The monoisotopic (exact) mass is 714 g/mol. The van der Waals surface area contributed by atoms with Gasteiger partial charge in [0.05, 0.1) is 139 Å². The quantitative estimate of drug-likeness (QED) is 0.0715. The van der Waals surface area contributed by atoms with Gasteiger partial charge >= 0.3 is 6.09 Å². The van der Waals surface area contributed by atoms with Crippen LogP contribution in [-0.2, 0) is 56.9 Å². The van der Waals surface area contributed by atoms with Crippen LogP contribution in [0, 0.1) is 0 Å². The van der Waals surface area contributed by atoms with E-state index in [4.69, 9.17) is 63.6 Å². The number of rotatable bonds is 37. The first-order valence-corrected chi connectivity index (χ1v) is 17.2. The number of hydrogen-bond acceptors (Lipinski definition) is 15. The second kappa shape index (κ2) is 36.1. The molecule has 17 nitrogen and oxygen atoms in total. The van der Waals surface area contributed by atoms with Gasteiger partial charge in [-0.3, -0.25) is 4.79 Å². The number of nitrogens with one attached hydrogen (secondary N) is 1. The molecule has 0 bridgehead atoms. The van der Waals surface area contributed by atoms with Gasteiger partial charge in [0.15, 0.2) is 0 Å². The van der Waals surface area contributed by atoms with Gasteiger partial charge < -0.3 is 73.8 Å². The summed E-state index contributed by atoms with van der Waals surface area (Å²) >= 11 is 0. The van der Waals surface area contributed by atoms with Gasteiger partial charge in [0.2, 0.25) is 5.91 Å². The Kier molecular flexibility index (Phi) is 34.8. The third kappa shape index (κ3) is 37.3. The van der Waals surface area contributed by atoms with Crippen LogP contribution in [0.25, 0.3) is 0 Å². The zero-order valence-corrected chi connectivity index (χ0v) is 30.3. The smallest absolute Gasteiger partial charge is 0.407 e. The van der Waals surface area contributed by atoms with E-state index in [1.54, 1.807) is 25.7 Å². The number of hydrogen-bond donors (Lipinski definition) is 3. The Morgan fingerprint density at radius 2 is 0.816 bits per heavy atom. The standard InChI is InChI=1S/C32H66N4O13/c1-32(2,3)49-31(38)35-7-13-42-19-25-48-29-28-45-22-16-39-10-4-30(37)36(8-14-43-20-26-46-23-17-40-11-5-33)9-15-44-21-27-47-24-18-41-12-6-34/h4-29,33-34H2,1-3H3,(H,35,38). The van der Waals surface area contributed by atoms with Crippen LogP contribution in [0.4, 0.5) is 4.79 Å². The summed E-state index contributed by atoms with van der Waals surface area (Å²) in [7, 11) is 0. The second-order valence-electron chi connectivity index (χ2n) is 11.3. The van der Waals surface area contributed by atoms with Crippen molar-refractivity contribution in [2.45, 2.75) is 32.8 Å². The molecule has 2 amide bonds. The number of nitrogens with zero attached hydrogens (tertiary/aromatic N) is 1. The topological polar surface area (TPSA) is 203 Å². The summed E-state index contributed by atoms with van der Waals surface area (Å²) in [5.41, 5.74) is 10.2. The molecular formula is C32H66N4O13. The number of nitrogens with two attached hydrogens (primary N) is 2. The van der Waals surface area contributed by atoms with E-state index in [9.17, 15) is 9.59 Å². The van der Waals surface area contributed by atoms with Crippen LogP contribution in [0.5, 0.6) is 0 Å². The number of carbonyl (C=O) groups is 2. The molecule has 5 N–H and O–H groups in total. The van der Waals surface area contributed by atoms with Crippen molar-refractivity contribution in [3.05, 3.63) is 0 Å². The SMILES string of the molecule is CC(C)(C)OC(=O)NCCOCCOCCOCCOCCC(=O)N(CCOCCOCCOCCN)CCOCCOCCOCCN. The highest BCUT2D eigenvalue weighted by Crippen LogP contribution is 2.06. The van der Waals surface area contributed by atoms with Crippen molar-refractivity contribution in [2.24, 2.45) is 11.5 Å². The van der Waals surface area contributed by atoms with Crippen LogP contribution in [0.2, 0.25) is 0 Å². The van der Waals surface area contributed by atoms with Crippen LogP contribution in [0.3, 0.4) is 0 Å². The minimum atomic E-state index is -0.531. The zero-order valence-electron chi connectivity index (χ0n) is 30.3. The van der Waals surface area contributed by atoms with Crippen molar-refractivity contribution in [1.29, 1.82) is 0 Å². The van der Waals surface area contributed by atoms with E-state index in [0.29, 0.717) is 158 Å². The fourth-order valence-electron chi connectivity index (χ4n) is 3.58. The van der Waals surface area contributed by atoms with E-state index in [1.165, 1.54) is 0 Å². The van der Waals surface area contributed by atoms with Gasteiger partial charge in [0.1, 0.15) is 5.60 Å². The first kappa shape index (κ1) is 47.3. The fourth-order valence-corrected chi connectivity index (χ4v) is 3.58. The molecule has 49 heavy (non-hydrogen) atoms. The predicted octanol–water partition coefficient (Wildman–Crippen LogP) is -0.187. The molecule has 0 atom stereocenters. The van der Waals surface area contributed by atoms with Crippen molar-refractivity contribution < 1.29 is 61.7 Å². The van der Waals surface area contributed by atoms with Crippen molar-refractivity contribution in [1.82, 2.24) is 10.2 Å². The van der Waals surface area contributed by atoms with Crippen molar-refractivity contribution in [3.63, 3.8) is 0 Å². The molecule has 0 heterocycles. The Morgan fingerprint density at radius 3 is 1.18 bits per heavy atom. The summed E-state index contributed by atoms with van der Waals surface area (Å²) in [5, 5.41) is 2.62. The van der Waals surface area contributed by atoms with Crippen LogP contribution in [0.15, 0.2) is 0 Å². The predicted molar refractivity (Wildman–Crippen MR) is 182 cm³/mol. The van der Waals surface area contributed by atoms with Gasteiger partial charge in [-0.05, 0) is 20.8 Å². The van der Waals surface area contributed by atoms with E-state index >= 15 is 0 Å². The Hall–Kier alpha value is -1.74. The highest BCUT2D eigenvalue weighted by molar-refractivity contribution is 5.76. The molecule has 0 rings (SSSR count). The number of amides is 2. The Bertz CT molecular complexity index is 712. The van der Waals surface area contributed by atoms with Crippen LogP contribution in [0.1, 0.15) is 27.2 Å². The van der Waals surface area contributed by atoms with E-state index in [1.807, 2.05) is 0 Å². The summed E-state index contributed by atoms with van der Waals surface area (Å²) in [6, 6.07) is 0. The molecule has 0 aliphatic carbocycles. The van der Waals surface area contributed by atoms with Crippen LogP contribution < -0.4 is 16.8 Å². The molecule has 0 aliphatic rings. The molecule has 0 spiro atoms. The van der Waals surface area contributed by atoms with E-state index in [0.717, 1.165) is 0 Å². The maximum absolute atomic E-state index is 12.9. The minimum Gasteiger partial charge on any atom is -0.444 e. The molecule has 17 heteroatoms. The van der Waals surface area contributed by atoms with Gasteiger partial charge in [-0.2, -0.15) is 0 Å². The van der Waals surface area contributed by atoms with Gasteiger partial charge in [-0.1, -0.05) is 0 Å². The van der Waals surface area contributed by atoms with Crippen molar-refractivity contribution in [3.8, 4) is 0 Å². The van der Waals surface area contributed by atoms with Crippen LogP contribution in [-0.4, -0.2) is 187 Å². The minimum absolute atomic E-state index is 0.0500. The fraction of sp³-hybridized carbons (Fsp3) is 0.938. The normalized spacial score (nSPS) is 11.6. The van der Waals surface area contributed by atoms with Crippen molar-refractivity contribution >= 4 is 12.0 Å². The average molecular weight is 715 g/mol. The third-order valence-electron chi connectivity index (χ3n) is 5.87. The number of alkyl carbamates (subject to hydrolysis) is 1. The summed E-state index contributed by atoms with van der Waals surface area (Å²) in [6.07, 6.45) is -0.239. The first-order valence-electron chi connectivity index (χ1n) is 17.2. The molecule has 0 aromatic heterocycles. The molecule has 0 radical (unpaired) electrons. The second-order valence-corrected chi connectivity index (χ2v) is 11.3. The molecule has 0 aliphatic heterocycles. The van der Waals surface area contributed by atoms with E-state index < -0.39 is 11.7 Å². The highest BCUT2D eigenvalue weighted by atomic mass is 16.6. The highest BCUT2D eigenvalue weighted by Gasteiger charge is 2.15. The zero-order chi connectivity index (χ0) is 36.1. The van der Waals surface area contributed by atoms with Gasteiger partial charge in [0, 0.05) is 32.7 Å². The summed E-state index contributed by atoms with van der Waals surface area (Å²) in [6.45, 7) is 16.0. The first-order chi connectivity index (χ1) is 23.8. The maximum Gasteiger partial charge on any atom is 0.407 e. The summed E-state index contributed by atoms with van der Waals surface area (Å²) < 4.78 is 59.8. The van der Waals surface area contributed by atoms with Gasteiger partial charge in [-0.25, -0.2) is 4.79 Å². The Morgan fingerprint density at radius 1 is 0.490 bits per heavy atom. The Labute approximate surface area is 293 Å². The number of carbonyl (C=O) groups excluding carboxylic acids is 2. The lowest BCUT2D eigenvalue weighted by Crippen LogP contribution is -2.37. The molecule has 0 aromatic rings. The van der Waals surface area contributed by atoms with Crippen molar-refractivity contribution in [2.75, 3.05) is 165 Å². The molecule has 0 saturated heterocycles. The third-order valence-corrected chi connectivity index (χ3v) is 5.87. The maximum atomic E-state index is 12.9. The molecule has 0 unspecified atom stereocenters. The van der Waals surface area contributed by atoms with Gasteiger partial charge in [-0.15, -0.1) is 0 Å². The largest absolute Gasteiger partial charge is 0.444 e. The molecular weight excluding hydrogens is 648 g/mol.